The van der Waals surface area contributed by atoms with E-state index >= 15 is 0 Å². The Hall–Kier alpha value is -2.58. The van der Waals surface area contributed by atoms with E-state index in [1.807, 2.05) is 42.2 Å². The van der Waals surface area contributed by atoms with E-state index in [2.05, 4.69) is 27.0 Å². The average Bonchev–Trinajstić information content (AvgIpc) is 3.54. The van der Waals surface area contributed by atoms with Gasteiger partial charge in [0.25, 0.3) is 0 Å². The van der Waals surface area contributed by atoms with Crippen LogP contribution >= 0.6 is 11.8 Å². The maximum atomic E-state index is 14.4. The molecule has 7 nitrogen and oxygen atoms in total. The summed E-state index contributed by atoms with van der Waals surface area (Å²) >= 11 is 1.68. The number of unbranched alkanes of at least 4 members (excludes halogenated alkanes) is 1. The van der Waals surface area contributed by atoms with Crippen molar-refractivity contribution in [3.63, 3.8) is 0 Å². The lowest BCUT2D eigenvalue weighted by molar-refractivity contribution is -0.145. The summed E-state index contributed by atoms with van der Waals surface area (Å²) in [4.78, 5) is 48.4. The molecule has 0 radical (unpaired) electrons. The minimum Gasteiger partial charge on any atom is -0.394 e. The Morgan fingerprint density at radius 1 is 1.18 bits per heavy atom. The van der Waals surface area contributed by atoms with Gasteiger partial charge in [0.1, 0.15) is 6.04 Å². The molecule has 4 rings (SSSR count). The molecule has 0 aromatic heterocycles. The molecule has 3 heterocycles. The summed E-state index contributed by atoms with van der Waals surface area (Å²) in [5.74, 6) is -1.45. The number of carbonyl (C=O) groups excluding carboxylic acids is 3. The number of nitrogens with zero attached hydrogens (tertiary/aromatic N) is 3. The van der Waals surface area contributed by atoms with Gasteiger partial charge in [0, 0.05) is 30.6 Å². The standard InChI is InChI=1S/C31H43N3O4S/c1-6-10-18-32(16-7-2)30(38)27-31-21(5)19-24(39-31)25(26(31)29(37)34(27)22(9-4)20-35)28(36)33(17-8-3)23-14-12-11-13-15-23/h7-8,11-15,21-22,24-27,35H,2-3,6,9-10,16-20H2,1,4-5H3/t21?,22-,24-,25+,26-,27?,31?/m0/s1. The van der Waals surface area contributed by atoms with Crippen LogP contribution in [0.3, 0.4) is 0 Å². The normalized spacial score (nSPS) is 29.7. The molecule has 3 aliphatic rings. The molecule has 3 fully saturated rings. The molecule has 2 bridgehead atoms. The van der Waals surface area contributed by atoms with Crippen molar-refractivity contribution < 1.29 is 19.5 Å². The molecule has 1 aromatic rings. The number of benzene rings is 1. The second kappa shape index (κ2) is 12.3. The Balaban J connectivity index is 1.80. The first kappa shape index (κ1) is 29.4. The lowest BCUT2D eigenvalue weighted by atomic mass is 9.65. The summed E-state index contributed by atoms with van der Waals surface area (Å²) in [5, 5.41) is 10.3. The number of thioether (sulfide) groups is 1. The average molecular weight is 554 g/mol. The van der Waals surface area contributed by atoms with Crippen LogP contribution in [0.4, 0.5) is 5.69 Å². The molecule has 212 valence electrons. The highest BCUT2D eigenvalue weighted by molar-refractivity contribution is 8.02. The van der Waals surface area contributed by atoms with Crippen molar-refractivity contribution in [1.82, 2.24) is 9.80 Å². The molecule has 0 aliphatic carbocycles. The Kier molecular flexibility index (Phi) is 9.27. The molecule has 7 atom stereocenters. The first-order valence-corrected chi connectivity index (χ1v) is 15.2. The Morgan fingerprint density at radius 3 is 2.46 bits per heavy atom. The predicted molar refractivity (Wildman–Crippen MR) is 157 cm³/mol. The van der Waals surface area contributed by atoms with E-state index in [0.717, 1.165) is 24.9 Å². The number of aliphatic hydroxyl groups excluding tert-OH is 1. The molecule has 39 heavy (non-hydrogen) atoms. The van der Waals surface area contributed by atoms with Gasteiger partial charge in [-0.3, -0.25) is 14.4 Å². The van der Waals surface area contributed by atoms with Crippen molar-refractivity contribution in [2.75, 3.05) is 31.1 Å². The van der Waals surface area contributed by atoms with Gasteiger partial charge in [-0.15, -0.1) is 24.9 Å². The van der Waals surface area contributed by atoms with Crippen molar-refractivity contribution in [1.29, 1.82) is 0 Å². The third kappa shape index (κ3) is 4.84. The minimum absolute atomic E-state index is 0.0485. The zero-order valence-corrected chi connectivity index (χ0v) is 24.3. The molecule has 3 aliphatic heterocycles. The molecule has 3 unspecified atom stereocenters. The van der Waals surface area contributed by atoms with E-state index in [9.17, 15) is 19.5 Å². The number of fused-ring (bicyclic) bond motifs is 1. The SMILES string of the molecule is C=CCN(CCCC)C(=O)C1N([C@@H](CC)CO)C(=O)[C@@H]2[C@H](C(=O)N(CC=C)c3ccccc3)[C@@H]3CC(C)C12S3. The minimum atomic E-state index is -0.726. The molecule has 1 N–H and O–H groups in total. The maximum Gasteiger partial charge on any atom is 0.247 e. The van der Waals surface area contributed by atoms with E-state index in [-0.39, 0.29) is 35.5 Å². The second-order valence-electron chi connectivity index (χ2n) is 11.0. The molecule has 3 saturated heterocycles. The van der Waals surface area contributed by atoms with Crippen molar-refractivity contribution in [3.05, 3.63) is 55.6 Å². The third-order valence-electron chi connectivity index (χ3n) is 8.87. The first-order valence-electron chi connectivity index (χ1n) is 14.3. The topological polar surface area (TPSA) is 81.2 Å². The van der Waals surface area contributed by atoms with E-state index in [4.69, 9.17) is 0 Å². The van der Waals surface area contributed by atoms with E-state index < -0.39 is 28.7 Å². The fourth-order valence-corrected chi connectivity index (χ4v) is 9.43. The number of para-hydroxylation sites is 1. The smallest absolute Gasteiger partial charge is 0.247 e. The van der Waals surface area contributed by atoms with Gasteiger partial charge < -0.3 is 19.8 Å². The van der Waals surface area contributed by atoms with Gasteiger partial charge in [-0.05, 0) is 37.3 Å². The number of aliphatic hydroxyl groups is 1. The fraction of sp³-hybridized carbons (Fsp3) is 0.581. The summed E-state index contributed by atoms with van der Waals surface area (Å²) < 4.78 is -0.718. The van der Waals surface area contributed by atoms with Crippen LogP contribution in [0.15, 0.2) is 55.6 Å². The summed E-state index contributed by atoms with van der Waals surface area (Å²) in [6.45, 7) is 15.0. The van der Waals surface area contributed by atoms with Crippen molar-refractivity contribution in [2.24, 2.45) is 17.8 Å². The monoisotopic (exact) mass is 553 g/mol. The van der Waals surface area contributed by atoms with Crippen LogP contribution in [0.5, 0.6) is 0 Å². The summed E-state index contributed by atoms with van der Waals surface area (Å²) in [6.07, 6.45) is 6.53. The van der Waals surface area contributed by atoms with Gasteiger partial charge in [-0.2, -0.15) is 0 Å². The largest absolute Gasteiger partial charge is 0.394 e. The Bertz CT molecular complexity index is 1080. The van der Waals surface area contributed by atoms with E-state index in [1.165, 1.54) is 0 Å². The van der Waals surface area contributed by atoms with Crippen molar-refractivity contribution in [3.8, 4) is 0 Å². The number of rotatable bonds is 13. The number of hydrogen-bond donors (Lipinski definition) is 1. The molecular formula is C31H43N3O4S. The highest BCUT2D eigenvalue weighted by Crippen LogP contribution is 2.69. The summed E-state index contributed by atoms with van der Waals surface area (Å²) in [7, 11) is 0. The van der Waals surface area contributed by atoms with Crippen LogP contribution < -0.4 is 4.90 Å². The van der Waals surface area contributed by atoms with Crippen LogP contribution in [-0.2, 0) is 14.4 Å². The van der Waals surface area contributed by atoms with Crippen LogP contribution in [0.1, 0.15) is 46.5 Å². The lowest BCUT2D eigenvalue weighted by Gasteiger charge is -2.42. The van der Waals surface area contributed by atoms with Crippen LogP contribution in [0, 0.1) is 17.8 Å². The quantitative estimate of drug-likeness (QED) is 0.372. The van der Waals surface area contributed by atoms with Gasteiger partial charge in [0.15, 0.2) is 0 Å². The van der Waals surface area contributed by atoms with Crippen molar-refractivity contribution in [2.45, 2.75) is 68.5 Å². The van der Waals surface area contributed by atoms with Gasteiger partial charge in [0.2, 0.25) is 17.7 Å². The molecular weight excluding hydrogens is 510 g/mol. The zero-order chi connectivity index (χ0) is 28.3. The highest BCUT2D eigenvalue weighted by Gasteiger charge is 2.77. The predicted octanol–water partition coefficient (Wildman–Crippen LogP) is 4.13. The van der Waals surface area contributed by atoms with Gasteiger partial charge in [-0.1, -0.05) is 57.5 Å². The van der Waals surface area contributed by atoms with Gasteiger partial charge in [-0.25, -0.2) is 0 Å². The first-order chi connectivity index (χ1) is 18.8. The number of likely N-dealkylation sites (tertiary alicyclic amines) is 1. The molecule has 0 saturated carbocycles. The van der Waals surface area contributed by atoms with Crippen LogP contribution in [0.25, 0.3) is 0 Å². The van der Waals surface area contributed by atoms with Crippen LogP contribution in [-0.4, -0.2) is 80.9 Å². The number of anilines is 1. The fourth-order valence-electron chi connectivity index (χ4n) is 7.04. The summed E-state index contributed by atoms with van der Waals surface area (Å²) in [6, 6.07) is 8.29. The Morgan fingerprint density at radius 2 is 1.87 bits per heavy atom. The maximum absolute atomic E-state index is 14.4. The van der Waals surface area contributed by atoms with Crippen molar-refractivity contribution >= 4 is 35.2 Å². The van der Waals surface area contributed by atoms with Crippen LogP contribution in [0.2, 0.25) is 0 Å². The lowest BCUT2D eigenvalue weighted by Crippen LogP contribution is -2.59. The molecule has 3 amide bonds. The third-order valence-corrected chi connectivity index (χ3v) is 10.9. The number of carbonyl (C=O) groups is 3. The molecule has 1 aromatic carbocycles. The molecule has 8 heteroatoms. The van der Waals surface area contributed by atoms with Gasteiger partial charge >= 0.3 is 0 Å². The van der Waals surface area contributed by atoms with Gasteiger partial charge in [0.05, 0.1) is 29.2 Å². The number of amides is 3. The summed E-state index contributed by atoms with van der Waals surface area (Å²) in [5.41, 5.74) is 0.769. The Labute approximate surface area is 237 Å². The highest BCUT2D eigenvalue weighted by atomic mass is 32.2. The zero-order valence-electron chi connectivity index (χ0n) is 23.5. The van der Waals surface area contributed by atoms with E-state index in [1.54, 1.807) is 33.7 Å². The second-order valence-corrected chi connectivity index (χ2v) is 12.6. The molecule has 1 spiro atoms. The number of hydrogen-bond acceptors (Lipinski definition) is 5. The van der Waals surface area contributed by atoms with E-state index in [0.29, 0.717) is 26.1 Å².